The van der Waals surface area contributed by atoms with Crippen LogP contribution in [0.15, 0.2) is 54.7 Å². The number of nitrogens with one attached hydrogen (secondary N) is 2. The molecule has 0 atom stereocenters. The van der Waals surface area contributed by atoms with E-state index in [1.165, 1.54) is 23.8 Å². The largest absolute Gasteiger partial charge is 0.361 e. The van der Waals surface area contributed by atoms with Crippen LogP contribution in [0.2, 0.25) is 0 Å². The number of hydrogen-bond acceptors (Lipinski definition) is 2. The summed E-state index contributed by atoms with van der Waals surface area (Å²) in [7, 11) is 4.31. The van der Waals surface area contributed by atoms with Gasteiger partial charge in [0.1, 0.15) is 0 Å². The third kappa shape index (κ3) is 3.91. The van der Waals surface area contributed by atoms with Gasteiger partial charge in [0, 0.05) is 29.7 Å². The lowest BCUT2D eigenvalue weighted by molar-refractivity contribution is -0.120. The summed E-state index contributed by atoms with van der Waals surface area (Å²) in [5.74, 6) is 0.680. The zero-order chi connectivity index (χ0) is 18.8. The summed E-state index contributed by atoms with van der Waals surface area (Å²) in [4.78, 5) is 18.0. The van der Waals surface area contributed by atoms with Gasteiger partial charge in [-0.1, -0.05) is 36.4 Å². The molecule has 1 aromatic heterocycles. The summed E-state index contributed by atoms with van der Waals surface area (Å²) in [6.45, 7) is 0.575. The third-order valence-corrected chi connectivity index (χ3v) is 5.76. The van der Waals surface area contributed by atoms with E-state index >= 15 is 0 Å². The Morgan fingerprint density at radius 2 is 1.89 bits per heavy atom. The topological polar surface area (TPSA) is 48.1 Å². The highest BCUT2D eigenvalue weighted by atomic mass is 16.1. The predicted molar refractivity (Wildman–Crippen MR) is 110 cm³/mol. The number of nitrogens with zero attached hydrogens (tertiary/aromatic N) is 1. The fourth-order valence-corrected chi connectivity index (χ4v) is 3.94. The lowest BCUT2D eigenvalue weighted by atomic mass is 9.75. The maximum atomic E-state index is 12.3. The van der Waals surface area contributed by atoms with Crippen molar-refractivity contribution in [3.05, 3.63) is 71.4 Å². The van der Waals surface area contributed by atoms with Gasteiger partial charge < -0.3 is 15.2 Å². The second-order valence-electron chi connectivity index (χ2n) is 7.85. The fourth-order valence-electron chi connectivity index (χ4n) is 3.94. The summed E-state index contributed by atoms with van der Waals surface area (Å²) in [6.07, 6.45) is 4.99. The molecule has 4 heteroatoms. The molecule has 2 aromatic carbocycles. The molecule has 3 aromatic rings. The first kappa shape index (κ1) is 17.8. The highest BCUT2D eigenvalue weighted by Gasteiger charge is 2.32. The van der Waals surface area contributed by atoms with E-state index in [2.05, 4.69) is 47.6 Å². The van der Waals surface area contributed by atoms with Gasteiger partial charge in [-0.25, -0.2) is 0 Å². The van der Waals surface area contributed by atoms with E-state index in [1.807, 2.05) is 36.4 Å². The van der Waals surface area contributed by atoms with Gasteiger partial charge in [0.05, 0.1) is 6.42 Å². The number of benzene rings is 2. The van der Waals surface area contributed by atoms with Gasteiger partial charge in [-0.2, -0.15) is 0 Å². The molecule has 2 N–H and O–H groups in total. The van der Waals surface area contributed by atoms with Crippen LogP contribution in [0.3, 0.4) is 0 Å². The van der Waals surface area contributed by atoms with Crippen LogP contribution in [0.4, 0.5) is 0 Å². The second kappa shape index (κ2) is 7.57. The number of aromatic amines is 1. The highest BCUT2D eigenvalue weighted by molar-refractivity contribution is 5.86. The number of hydrogen-bond donors (Lipinski definition) is 2. The Balaban J connectivity index is 1.42. The molecule has 0 spiro atoms. The van der Waals surface area contributed by atoms with Crippen LogP contribution in [0, 0.1) is 0 Å². The van der Waals surface area contributed by atoms with Crippen molar-refractivity contribution in [2.24, 2.45) is 0 Å². The van der Waals surface area contributed by atoms with Crippen LogP contribution in [0.1, 0.15) is 35.4 Å². The number of fused-ring (bicyclic) bond motifs is 1. The second-order valence-corrected chi connectivity index (χ2v) is 7.85. The number of carbonyl (C=O) groups excluding carboxylic acids is 1. The van der Waals surface area contributed by atoms with Crippen molar-refractivity contribution in [1.82, 2.24) is 15.2 Å². The van der Waals surface area contributed by atoms with E-state index in [0.29, 0.717) is 24.9 Å². The minimum Gasteiger partial charge on any atom is -0.361 e. The Morgan fingerprint density at radius 1 is 1.11 bits per heavy atom. The minimum atomic E-state index is 0.0617. The quantitative estimate of drug-likeness (QED) is 0.701. The number of rotatable bonds is 6. The Morgan fingerprint density at radius 3 is 2.63 bits per heavy atom. The molecule has 140 valence electrons. The maximum Gasteiger partial charge on any atom is 0.224 e. The maximum absolute atomic E-state index is 12.3. The van der Waals surface area contributed by atoms with Crippen molar-refractivity contribution in [3.8, 4) is 0 Å². The van der Waals surface area contributed by atoms with E-state index in [1.54, 1.807) is 0 Å². The highest BCUT2D eigenvalue weighted by Crippen LogP contribution is 2.41. The Labute approximate surface area is 160 Å². The van der Waals surface area contributed by atoms with E-state index in [4.69, 9.17) is 0 Å². The average Bonchev–Trinajstić information content (AvgIpc) is 3.02. The van der Waals surface area contributed by atoms with Crippen molar-refractivity contribution < 1.29 is 4.79 Å². The molecule has 4 rings (SSSR count). The first-order valence-corrected chi connectivity index (χ1v) is 9.67. The van der Waals surface area contributed by atoms with Gasteiger partial charge in [-0.15, -0.1) is 0 Å². The Kier molecular flexibility index (Phi) is 4.99. The van der Waals surface area contributed by atoms with Gasteiger partial charge in [0.2, 0.25) is 5.91 Å². The molecule has 1 fully saturated rings. The molecule has 0 saturated heterocycles. The van der Waals surface area contributed by atoms with E-state index in [9.17, 15) is 4.79 Å². The molecular formula is C23H27N3O. The molecule has 1 aliphatic carbocycles. The number of carbonyl (C=O) groups is 1. The van der Waals surface area contributed by atoms with Gasteiger partial charge in [-0.05, 0) is 61.7 Å². The zero-order valence-electron chi connectivity index (χ0n) is 16.0. The molecule has 0 radical (unpaired) electrons. The summed E-state index contributed by atoms with van der Waals surface area (Å²) < 4.78 is 0. The molecule has 0 bridgehead atoms. The normalized spacial score (nSPS) is 19.2. The smallest absolute Gasteiger partial charge is 0.224 e. The number of amides is 1. The summed E-state index contributed by atoms with van der Waals surface area (Å²) in [6, 6.07) is 17.0. The van der Waals surface area contributed by atoms with E-state index in [0.717, 1.165) is 16.6 Å². The number of aromatic nitrogens is 1. The van der Waals surface area contributed by atoms with Gasteiger partial charge in [0.15, 0.2) is 0 Å². The monoisotopic (exact) mass is 361 g/mol. The van der Waals surface area contributed by atoms with Crippen LogP contribution in [-0.2, 0) is 17.8 Å². The third-order valence-electron chi connectivity index (χ3n) is 5.76. The zero-order valence-corrected chi connectivity index (χ0v) is 16.0. The van der Waals surface area contributed by atoms with Gasteiger partial charge in [-0.3, -0.25) is 4.79 Å². The molecular weight excluding hydrogens is 334 g/mol. The van der Waals surface area contributed by atoms with Crippen molar-refractivity contribution in [2.45, 2.75) is 37.8 Å². The molecule has 0 unspecified atom stereocenters. The molecule has 4 nitrogen and oxygen atoms in total. The Hall–Kier alpha value is -2.59. The SMILES string of the molecule is CN(C)C1CC(c2c[nH]c3ccc(CC(=O)NCc4ccccc4)cc23)C1. The molecule has 1 heterocycles. The van der Waals surface area contributed by atoms with Gasteiger partial charge >= 0.3 is 0 Å². The van der Waals surface area contributed by atoms with Crippen molar-refractivity contribution in [3.63, 3.8) is 0 Å². The first-order valence-electron chi connectivity index (χ1n) is 9.67. The van der Waals surface area contributed by atoms with Crippen molar-refractivity contribution in [1.29, 1.82) is 0 Å². The molecule has 1 aliphatic rings. The van der Waals surface area contributed by atoms with Crippen molar-refractivity contribution >= 4 is 16.8 Å². The van der Waals surface area contributed by atoms with E-state index in [-0.39, 0.29) is 5.91 Å². The summed E-state index contributed by atoms with van der Waals surface area (Å²) >= 11 is 0. The van der Waals surface area contributed by atoms with Gasteiger partial charge in [0.25, 0.3) is 0 Å². The Bertz CT molecular complexity index is 923. The fraction of sp³-hybridized carbons (Fsp3) is 0.348. The van der Waals surface area contributed by atoms with Crippen molar-refractivity contribution in [2.75, 3.05) is 14.1 Å². The lowest BCUT2D eigenvalue weighted by Crippen LogP contribution is -2.39. The molecule has 0 aliphatic heterocycles. The minimum absolute atomic E-state index is 0.0617. The number of H-pyrrole nitrogens is 1. The molecule has 1 amide bonds. The lowest BCUT2D eigenvalue weighted by Gasteiger charge is -2.39. The molecule has 1 saturated carbocycles. The van der Waals surface area contributed by atoms with Crippen LogP contribution < -0.4 is 5.32 Å². The van der Waals surface area contributed by atoms with Crippen LogP contribution in [-0.4, -0.2) is 35.9 Å². The molecule has 27 heavy (non-hydrogen) atoms. The summed E-state index contributed by atoms with van der Waals surface area (Å²) in [5, 5.41) is 4.28. The summed E-state index contributed by atoms with van der Waals surface area (Å²) in [5.41, 5.74) is 4.74. The van der Waals surface area contributed by atoms with E-state index < -0.39 is 0 Å². The van der Waals surface area contributed by atoms with Crippen LogP contribution in [0.25, 0.3) is 10.9 Å². The first-order chi connectivity index (χ1) is 13.1. The van der Waals surface area contributed by atoms with Crippen LogP contribution >= 0.6 is 0 Å². The van der Waals surface area contributed by atoms with Crippen LogP contribution in [0.5, 0.6) is 0 Å². The average molecular weight is 361 g/mol. The standard InChI is InChI=1S/C23H27N3O/c1-26(2)19-12-18(13-19)21-15-24-22-9-8-17(10-20(21)22)11-23(27)25-14-16-6-4-3-5-7-16/h3-10,15,18-19,24H,11-14H2,1-2H3,(H,25,27). The predicted octanol–water partition coefficient (Wildman–Crippen LogP) is 3.83.